The molecule has 100 valence electrons. The van der Waals surface area contributed by atoms with Crippen LogP contribution in [0, 0.1) is 11.7 Å². The van der Waals surface area contributed by atoms with Crippen molar-refractivity contribution < 1.29 is 9.50 Å². The molecule has 1 aliphatic rings. The number of nitrogens with one attached hydrogen (secondary N) is 1. The van der Waals surface area contributed by atoms with Crippen LogP contribution >= 0.6 is 0 Å². The summed E-state index contributed by atoms with van der Waals surface area (Å²) in [6, 6.07) is 4.79. The third kappa shape index (κ3) is 3.02. The smallest absolute Gasteiger partial charge is 0.126 e. The first-order chi connectivity index (χ1) is 8.58. The first-order valence-electron chi connectivity index (χ1n) is 6.82. The maximum absolute atomic E-state index is 13.0. The molecule has 1 aromatic carbocycles. The highest BCUT2D eigenvalue weighted by molar-refractivity contribution is 5.34. The molecule has 2 rings (SSSR count). The molecule has 0 heterocycles. The molecule has 0 amide bonds. The van der Waals surface area contributed by atoms with Gasteiger partial charge in [0, 0.05) is 23.7 Å². The van der Waals surface area contributed by atoms with E-state index in [9.17, 15) is 9.50 Å². The molecule has 18 heavy (non-hydrogen) atoms. The van der Waals surface area contributed by atoms with Crippen molar-refractivity contribution in [2.45, 2.75) is 51.6 Å². The van der Waals surface area contributed by atoms with Crippen molar-refractivity contribution in [1.82, 2.24) is 5.32 Å². The molecule has 3 atom stereocenters. The molecule has 0 aromatic heterocycles. The lowest BCUT2D eigenvalue weighted by Gasteiger charge is -2.32. The highest BCUT2D eigenvalue weighted by atomic mass is 19.1. The van der Waals surface area contributed by atoms with Gasteiger partial charge in [-0.15, -0.1) is 0 Å². The summed E-state index contributed by atoms with van der Waals surface area (Å²) in [7, 11) is 0. The minimum atomic E-state index is -0.394. The Labute approximate surface area is 108 Å². The van der Waals surface area contributed by atoms with Gasteiger partial charge < -0.3 is 10.4 Å². The summed E-state index contributed by atoms with van der Waals surface area (Å²) in [5.41, 5.74) is 0.772. The monoisotopic (exact) mass is 251 g/mol. The Morgan fingerprint density at radius 2 is 2.06 bits per heavy atom. The third-order valence-corrected chi connectivity index (χ3v) is 4.03. The third-order valence-electron chi connectivity index (χ3n) is 4.03. The molecular weight excluding hydrogens is 229 g/mol. The average Bonchev–Trinajstić information content (AvgIpc) is 2.32. The Hall–Kier alpha value is -1.09. The Morgan fingerprint density at radius 1 is 1.33 bits per heavy atom. The van der Waals surface area contributed by atoms with Crippen molar-refractivity contribution in [3.05, 3.63) is 29.6 Å². The number of halogens is 1. The molecule has 0 spiro atoms. The molecule has 3 heteroatoms. The lowest BCUT2D eigenvalue weighted by atomic mass is 9.85. The van der Waals surface area contributed by atoms with Crippen LogP contribution in [0.5, 0.6) is 5.75 Å². The van der Waals surface area contributed by atoms with E-state index in [0.29, 0.717) is 12.0 Å². The van der Waals surface area contributed by atoms with Gasteiger partial charge in [-0.25, -0.2) is 4.39 Å². The van der Waals surface area contributed by atoms with Gasteiger partial charge in [-0.2, -0.15) is 0 Å². The Bertz CT molecular complexity index is 407. The fraction of sp³-hybridized carbons (Fsp3) is 0.600. The van der Waals surface area contributed by atoms with Gasteiger partial charge in [0.25, 0.3) is 0 Å². The van der Waals surface area contributed by atoms with Gasteiger partial charge in [0.15, 0.2) is 0 Å². The second-order valence-electron chi connectivity index (χ2n) is 5.46. The number of benzene rings is 1. The van der Waals surface area contributed by atoms with Crippen LogP contribution in [0.3, 0.4) is 0 Å². The number of hydrogen-bond donors (Lipinski definition) is 2. The summed E-state index contributed by atoms with van der Waals surface area (Å²) in [5, 5.41) is 13.3. The van der Waals surface area contributed by atoms with Crippen LogP contribution < -0.4 is 5.32 Å². The minimum absolute atomic E-state index is 0.0402. The van der Waals surface area contributed by atoms with E-state index in [1.807, 2.05) is 6.92 Å². The van der Waals surface area contributed by atoms with Gasteiger partial charge in [0.05, 0.1) is 0 Å². The highest BCUT2D eigenvalue weighted by Gasteiger charge is 2.23. The van der Waals surface area contributed by atoms with Crippen molar-refractivity contribution in [1.29, 1.82) is 0 Å². The van der Waals surface area contributed by atoms with Crippen LogP contribution in [0.1, 0.15) is 51.1 Å². The van der Waals surface area contributed by atoms with E-state index in [1.165, 1.54) is 37.8 Å². The average molecular weight is 251 g/mol. The summed E-state index contributed by atoms with van der Waals surface area (Å²) in [6.07, 6.45) is 5.03. The molecule has 2 nitrogen and oxygen atoms in total. The van der Waals surface area contributed by atoms with Crippen molar-refractivity contribution in [3.8, 4) is 5.75 Å². The van der Waals surface area contributed by atoms with Crippen LogP contribution in [0.4, 0.5) is 4.39 Å². The van der Waals surface area contributed by atoms with E-state index in [4.69, 9.17) is 0 Å². The summed E-state index contributed by atoms with van der Waals surface area (Å²) in [5.74, 6) is 0.316. The van der Waals surface area contributed by atoms with Crippen LogP contribution in [0.2, 0.25) is 0 Å². The van der Waals surface area contributed by atoms with Crippen LogP contribution in [-0.2, 0) is 0 Å². The number of hydrogen-bond acceptors (Lipinski definition) is 2. The minimum Gasteiger partial charge on any atom is -0.508 e. The molecule has 0 saturated heterocycles. The summed E-state index contributed by atoms with van der Waals surface area (Å²) >= 11 is 0. The zero-order chi connectivity index (χ0) is 13.1. The Balaban J connectivity index is 2.04. The molecule has 0 aliphatic heterocycles. The largest absolute Gasteiger partial charge is 0.508 e. The van der Waals surface area contributed by atoms with Gasteiger partial charge in [-0.1, -0.05) is 25.8 Å². The SMILES string of the molecule is CC(NC1CCCCC1C)c1ccc(F)cc1O. The van der Waals surface area contributed by atoms with Gasteiger partial charge in [0.1, 0.15) is 11.6 Å². The van der Waals surface area contributed by atoms with Gasteiger partial charge >= 0.3 is 0 Å². The highest BCUT2D eigenvalue weighted by Crippen LogP contribution is 2.29. The first kappa shape index (κ1) is 13.3. The van der Waals surface area contributed by atoms with Crippen molar-refractivity contribution in [3.63, 3.8) is 0 Å². The van der Waals surface area contributed by atoms with Crippen molar-refractivity contribution >= 4 is 0 Å². The molecule has 0 radical (unpaired) electrons. The summed E-state index contributed by atoms with van der Waals surface area (Å²) in [4.78, 5) is 0. The van der Waals surface area contributed by atoms with Gasteiger partial charge in [0.2, 0.25) is 0 Å². The maximum Gasteiger partial charge on any atom is 0.126 e. The van der Waals surface area contributed by atoms with E-state index in [2.05, 4.69) is 12.2 Å². The van der Waals surface area contributed by atoms with Crippen LogP contribution in [-0.4, -0.2) is 11.1 Å². The Morgan fingerprint density at radius 3 is 2.72 bits per heavy atom. The number of phenolic OH excluding ortho intramolecular Hbond substituents is 1. The van der Waals surface area contributed by atoms with Crippen LogP contribution in [0.25, 0.3) is 0 Å². The van der Waals surface area contributed by atoms with Gasteiger partial charge in [-0.3, -0.25) is 0 Å². The maximum atomic E-state index is 13.0. The second kappa shape index (κ2) is 5.70. The van der Waals surface area contributed by atoms with Gasteiger partial charge in [-0.05, 0) is 31.7 Å². The fourth-order valence-electron chi connectivity index (χ4n) is 2.86. The zero-order valence-electron chi connectivity index (χ0n) is 11.1. The van der Waals surface area contributed by atoms with E-state index < -0.39 is 5.82 Å². The Kier molecular flexibility index (Phi) is 4.23. The molecular formula is C15H22FNO. The van der Waals surface area contributed by atoms with E-state index in [-0.39, 0.29) is 11.8 Å². The summed E-state index contributed by atoms with van der Waals surface area (Å²) < 4.78 is 13.0. The molecule has 1 aromatic rings. The normalized spacial score (nSPS) is 25.9. The number of aromatic hydroxyl groups is 1. The standard InChI is InChI=1S/C15H22FNO/c1-10-5-3-4-6-14(10)17-11(2)13-8-7-12(16)9-15(13)18/h7-11,14,17-18H,3-6H2,1-2H3. The lowest BCUT2D eigenvalue weighted by Crippen LogP contribution is -2.38. The molecule has 3 unspecified atom stereocenters. The first-order valence-corrected chi connectivity index (χ1v) is 6.82. The predicted molar refractivity (Wildman–Crippen MR) is 71.0 cm³/mol. The fourth-order valence-corrected chi connectivity index (χ4v) is 2.86. The van der Waals surface area contributed by atoms with Crippen molar-refractivity contribution in [2.75, 3.05) is 0 Å². The number of rotatable bonds is 3. The second-order valence-corrected chi connectivity index (χ2v) is 5.46. The molecule has 1 aliphatic carbocycles. The molecule has 2 N–H and O–H groups in total. The van der Waals surface area contributed by atoms with Crippen LogP contribution in [0.15, 0.2) is 18.2 Å². The number of phenols is 1. The predicted octanol–water partition coefficient (Wildman–Crippen LogP) is 3.76. The molecule has 0 bridgehead atoms. The van der Waals surface area contributed by atoms with E-state index in [0.717, 1.165) is 5.56 Å². The molecule has 1 saturated carbocycles. The van der Waals surface area contributed by atoms with E-state index >= 15 is 0 Å². The zero-order valence-corrected chi connectivity index (χ0v) is 11.1. The lowest BCUT2D eigenvalue weighted by molar-refractivity contribution is 0.262. The summed E-state index contributed by atoms with van der Waals surface area (Å²) in [6.45, 7) is 4.29. The van der Waals surface area contributed by atoms with Crippen molar-refractivity contribution in [2.24, 2.45) is 5.92 Å². The quantitative estimate of drug-likeness (QED) is 0.857. The topological polar surface area (TPSA) is 32.3 Å². The molecule has 1 fully saturated rings. The van der Waals surface area contributed by atoms with E-state index in [1.54, 1.807) is 6.07 Å².